The van der Waals surface area contributed by atoms with Crippen LogP contribution in [0.5, 0.6) is 0 Å². The van der Waals surface area contributed by atoms with E-state index in [4.69, 9.17) is 4.74 Å². The Morgan fingerprint density at radius 3 is 2.39 bits per heavy atom. The maximum Gasteiger partial charge on any atom is 0.410 e. The predicted octanol–water partition coefficient (Wildman–Crippen LogP) is 4.73. The summed E-state index contributed by atoms with van der Waals surface area (Å²) in [6, 6.07) is 16.6. The number of carbonyl (C=O) groups excluding carboxylic acids is 1. The van der Waals surface area contributed by atoms with E-state index in [9.17, 15) is 9.90 Å². The first-order valence-electron chi connectivity index (χ1n) is 10.0. The number of likely N-dealkylation sites (tertiary alicyclic amines) is 1. The molecule has 1 amide bonds. The number of aliphatic hydroxyl groups is 1. The van der Waals surface area contributed by atoms with Crippen LogP contribution in [0.2, 0.25) is 0 Å². The monoisotopic (exact) mass is 377 g/mol. The number of aliphatic hydroxyl groups excluding tert-OH is 1. The second-order valence-electron chi connectivity index (χ2n) is 7.79. The average molecular weight is 377 g/mol. The number of ether oxygens (including phenoxy) is 1. The molecule has 2 aromatic carbocycles. The normalized spacial score (nSPS) is 21.1. The van der Waals surface area contributed by atoms with E-state index in [1.807, 2.05) is 24.3 Å². The van der Waals surface area contributed by atoms with Crippen LogP contribution in [0, 0.1) is 0 Å². The molecule has 1 fully saturated rings. The first-order chi connectivity index (χ1) is 13.7. The quantitative estimate of drug-likeness (QED) is 0.767. The van der Waals surface area contributed by atoms with E-state index in [1.54, 1.807) is 11.0 Å². The van der Waals surface area contributed by atoms with Crippen molar-refractivity contribution in [3.05, 3.63) is 72.3 Å². The Labute approximate surface area is 166 Å². The van der Waals surface area contributed by atoms with Gasteiger partial charge >= 0.3 is 6.09 Å². The minimum atomic E-state index is -0.581. The van der Waals surface area contributed by atoms with Crippen molar-refractivity contribution >= 4 is 6.09 Å². The highest BCUT2D eigenvalue weighted by Gasteiger charge is 2.41. The number of nitrogens with zero attached hydrogens (tertiary/aromatic N) is 1. The Morgan fingerprint density at radius 2 is 1.79 bits per heavy atom. The first-order valence-corrected chi connectivity index (χ1v) is 10.0. The molecule has 146 valence electrons. The summed E-state index contributed by atoms with van der Waals surface area (Å²) in [5.74, 6) is 0.0454. The highest BCUT2D eigenvalue weighted by atomic mass is 16.6. The summed E-state index contributed by atoms with van der Waals surface area (Å²) in [6.45, 7) is 4.67. The molecular weight excluding hydrogens is 350 g/mol. The van der Waals surface area contributed by atoms with Crippen molar-refractivity contribution in [2.45, 2.75) is 37.1 Å². The predicted molar refractivity (Wildman–Crippen MR) is 110 cm³/mol. The molecule has 1 heterocycles. The molecule has 0 saturated carbocycles. The highest BCUT2D eigenvalue weighted by molar-refractivity contribution is 5.79. The van der Waals surface area contributed by atoms with Gasteiger partial charge < -0.3 is 9.84 Å². The van der Waals surface area contributed by atoms with Gasteiger partial charge in [-0.15, -0.1) is 6.58 Å². The van der Waals surface area contributed by atoms with Gasteiger partial charge in [0.2, 0.25) is 0 Å². The van der Waals surface area contributed by atoms with Crippen LogP contribution >= 0.6 is 0 Å². The summed E-state index contributed by atoms with van der Waals surface area (Å²) in [5.41, 5.74) is 4.26. The number of piperidine rings is 1. The third-order valence-corrected chi connectivity index (χ3v) is 6.22. The Kier molecular flexibility index (Phi) is 5.23. The number of hydrogen-bond donors (Lipinski definition) is 1. The van der Waals surface area contributed by atoms with E-state index in [-0.39, 0.29) is 18.6 Å². The zero-order valence-corrected chi connectivity index (χ0v) is 16.1. The van der Waals surface area contributed by atoms with Crippen LogP contribution in [0.25, 0.3) is 11.1 Å². The van der Waals surface area contributed by atoms with Crippen molar-refractivity contribution in [3.63, 3.8) is 0 Å². The fourth-order valence-corrected chi connectivity index (χ4v) is 4.76. The van der Waals surface area contributed by atoms with Gasteiger partial charge in [0.05, 0.1) is 12.1 Å². The highest BCUT2D eigenvalue weighted by Crippen LogP contribution is 2.44. The maximum absolute atomic E-state index is 13.0. The van der Waals surface area contributed by atoms with Gasteiger partial charge in [-0.2, -0.15) is 0 Å². The van der Waals surface area contributed by atoms with Gasteiger partial charge in [-0.1, -0.05) is 54.6 Å². The van der Waals surface area contributed by atoms with E-state index in [0.29, 0.717) is 19.6 Å². The molecule has 28 heavy (non-hydrogen) atoms. The van der Waals surface area contributed by atoms with Crippen LogP contribution < -0.4 is 0 Å². The van der Waals surface area contributed by atoms with Crippen molar-refractivity contribution in [1.82, 2.24) is 4.90 Å². The summed E-state index contributed by atoms with van der Waals surface area (Å²) in [7, 11) is 0. The van der Waals surface area contributed by atoms with Gasteiger partial charge in [-0.05, 0) is 47.9 Å². The maximum atomic E-state index is 13.0. The summed E-state index contributed by atoms with van der Waals surface area (Å²) in [4.78, 5) is 14.7. The average Bonchev–Trinajstić information content (AvgIpc) is 3.06. The summed E-state index contributed by atoms with van der Waals surface area (Å²) in [5, 5.41) is 10.0. The van der Waals surface area contributed by atoms with Gasteiger partial charge in [0.25, 0.3) is 0 Å². The third-order valence-electron chi connectivity index (χ3n) is 6.22. The SMILES string of the molecule is C=CCC1(CO)CCCCN1C(=O)OCC1c2ccccc2-c2ccccc21. The number of amides is 1. The molecular formula is C24H27NO3. The van der Waals surface area contributed by atoms with Gasteiger partial charge in [0.1, 0.15) is 6.61 Å². The molecule has 1 aliphatic carbocycles. The summed E-state index contributed by atoms with van der Waals surface area (Å²) >= 11 is 0. The van der Waals surface area contributed by atoms with Crippen LogP contribution in [0.4, 0.5) is 4.79 Å². The third kappa shape index (κ3) is 3.12. The molecule has 1 saturated heterocycles. The van der Waals surface area contributed by atoms with E-state index in [2.05, 4.69) is 30.8 Å². The lowest BCUT2D eigenvalue weighted by Crippen LogP contribution is -2.56. The van der Waals surface area contributed by atoms with Crippen LogP contribution in [-0.4, -0.2) is 41.4 Å². The molecule has 0 radical (unpaired) electrons. The summed E-state index contributed by atoms with van der Waals surface area (Å²) < 4.78 is 5.82. The molecule has 2 aliphatic rings. The standard InChI is InChI=1S/C24H27NO3/c1-2-13-24(17-26)14-7-8-15-25(24)23(27)28-16-22-20-11-5-3-9-18(20)19-10-4-6-12-21(19)22/h2-6,9-12,22,26H,1,7-8,13-17H2. The molecule has 4 heteroatoms. The molecule has 1 atom stereocenters. The Balaban J connectivity index is 1.54. The zero-order chi connectivity index (χ0) is 19.6. The van der Waals surface area contributed by atoms with Gasteiger partial charge in [0, 0.05) is 12.5 Å². The van der Waals surface area contributed by atoms with Crippen molar-refractivity contribution in [2.24, 2.45) is 0 Å². The molecule has 4 rings (SSSR count). The minimum absolute atomic E-state index is 0.0454. The lowest BCUT2D eigenvalue weighted by molar-refractivity contribution is -0.00390. The second-order valence-corrected chi connectivity index (χ2v) is 7.79. The number of benzene rings is 2. The largest absolute Gasteiger partial charge is 0.448 e. The van der Waals surface area contributed by atoms with E-state index < -0.39 is 5.54 Å². The van der Waals surface area contributed by atoms with Crippen molar-refractivity contribution in [2.75, 3.05) is 19.8 Å². The van der Waals surface area contributed by atoms with Crippen LogP contribution in [0.15, 0.2) is 61.2 Å². The molecule has 1 aliphatic heterocycles. The number of hydrogen-bond acceptors (Lipinski definition) is 3. The number of fused-ring (bicyclic) bond motifs is 3. The Morgan fingerprint density at radius 1 is 1.14 bits per heavy atom. The zero-order valence-electron chi connectivity index (χ0n) is 16.1. The number of rotatable bonds is 5. The summed E-state index contributed by atoms with van der Waals surface area (Å²) in [6.07, 6.45) is 4.74. The molecule has 2 aromatic rings. The number of carbonyl (C=O) groups is 1. The molecule has 0 spiro atoms. The molecule has 0 bridgehead atoms. The smallest absolute Gasteiger partial charge is 0.410 e. The molecule has 4 nitrogen and oxygen atoms in total. The molecule has 1 N–H and O–H groups in total. The van der Waals surface area contributed by atoms with Gasteiger partial charge in [-0.25, -0.2) is 4.79 Å². The van der Waals surface area contributed by atoms with Crippen LogP contribution in [-0.2, 0) is 4.74 Å². The topological polar surface area (TPSA) is 49.8 Å². The lowest BCUT2D eigenvalue weighted by atomic mass is 9.84. The van der Waals surface area contributed by atoms with Crippen molar-refractivity contribution in [1.29, 1.82) is 0 Å². The van der Waals surface area contributed by atoms with Crippen LogP contribution in [0.1, 0.15) is 42.7 Å². The Hall–Kier alpha value is -2.59. The first kappa shape index (κ1) is 18.8. The van der Waals surface area contributed by atoms with E-state index >= 15 is 0 Å². The van der Waals surface area contributed by atoms with E-state index in [1.165, 1.54) is 22.3 Å². The minimum Gasteiger partial charge on any atom is -0.448 e. The molecule has 1 unspecified atom stereocenters. The van der Waals surface area contributed by atoms with Crippen LogP contribution in [0.3, 0.4) is 0 Å². The Bertz CT molecular complexity index is 832. The lowest BCUT2D eigenvalue weighted by Gasteiger charge is -2.45. The van der Waals surface area contributed by atoms with Gasteiger partial charge in [-0.3, -0.25) is 4.90 Å². The fourth-order valence-electron chi connectivity index (χ4n) is 4.76. The fraction of sp³-hybridized carbons (Fsp3) is 0.375. The van der Waals surface area contributed by atoms with Gasteiger partial charge in [0.15, 0.2) is 0 Å². The molecule has 0 aromatic heterocycles. The van der Waals surface area contributed by atoms with Crippen molar-refractivity contribution < 1.29 is 14.6 Å². The second kappa shape index (κ2) is 7.80. The van der Waals surface area contributed by atoms with Crippen molar-refractivity contribution in [3.8, 4) is 11.1 Å². The van der Waals surface area contributed by atoms with E-state index in [0.717, 1.165) is 19.3 Å².